The molecular formula is C55H52N5O5PS2. The van der Waals surface area contributed by atoms with Gasteiger partial charge in [-0.25, -0.2) is 0 Å². The van der Waals surface area contributed by atoms with Gasteiger partial charge in [0.25, 0.3) is 0 Å². The van der Waals surface area contributed by atoms with Crippen molar-refractivity contribution in [3.63, 3.8) is 0 Å². The average molecular weight is 958 g/mol. The van der Waals surface area contributed by atoms with Gasteiger partial charge < -0.3 is 0 Å². The van der Waals surface area contributed by atoms with Gasteiger partial charge in [-0.3, -0.25) is 0 Å². The van der Waals surface area contributed by atoms with E-state index in [1.807, 2.05) is 130 Å². The first-order chi connectivity index (χ1) is 32.9. The summed E-state index contributed by atoms with van der Waals surface area (Å²) < 4.78 is 6.97. The quantitative estimate of drug-likeness (QED) is 0.0277. The molecule has 0 saturated carbocycles. The minimum absolute atomic E-state index is 0.101. The monoisotopic (exact) mass is 957 g/mol. The van der Waals surface area contributed by atoms with Crippen LogP contribution in [0.1, 0.15) is 43.2 Å². The number of thioether (sulfide) groups is 1. The number of thiazole rings is 1. The fourth-order valence-corrected chi connectivity index (χ4v) is 18.8. The van der Waals surface area contributed by atoms with Gasteiger partial charge in [-0.05, 0) is 16.7 Å². The van der Waals surface area contributed by atoms with E-state index in [9.17, 15) is 14.4 Å². The van der Waals surface area contributed by atoms with Crippen molar-refractivity contribution in [3.05, 3.63) is 220 Å². The van der Waals surface area contributed by atoms with Crippen LogP contribution in [-0.2, 0) is 29.5 Å². The molecule has 9 rings (SSSR count). The molecule has 2 N–H and O–H groups in total. The summed E-state index contributed by atoms with van der Waals surface area (Å²) in [6.07, 6.45) is 0. The van der Waals surface area contributed by atoms with E-state index in [4.69, 9.17) is 14.6 Å². The molecule has 2 aliphatic heterocycles. The molecule has 10 nitrogen and oxygen atoms in total. The molecule has 1 fully saturated rings. The maximum absolute atomic E-state index is 14.9. The Balaban J connectivity index is 1.08. The summed E-state index contributed by atoms with van der Waals surface area (Å²) in [4.78, 5) is 56.0. The zero-order valence-electron chi connectivity index (χ0n) is 38.4. The van der Waals surface area contributed by atoms with E-state index in [1.165, 1.54) is 18.4 Å². The van der Waals surface area contributed by atoms with Crippen LogP contribution < -0.4 is 26.5 Å². The zero-order chi connectivity index (χ0) is 47.5. The molecule has 13 heteroatoms. The number of fused-ring (bicyclic) bond motifs is 1. The molecule has 0 spiro atoms. The first kappa shape index (κ1) is 46.3. The third kappa shape index (κ3) is 8.00. The van der Waals surface area contributed by atoms with Gasteiger partial charge in [0.05, 0.1) is 0 Å². The second kappa shape index (κ2) is 18.7. The molecule has 2 unspecified atom stereocenters. The number of amides is 2. The van der Waals surface area contributed by atoms with Gasteiger partial charge in [-0.2, -0.15) is 0 Å². The van der Waals surface area contributed by atoms with Crippen LogP contribution in [0.4, 0.5) is 5.13 Å². The number of oxime groups is 1. The number of nitrogens with zero attached hydrogens (tertiary/aromatic N) is 3. The molecule has 2 atom stereocenters. The molecule has 0 bridgehead atoms. The summed E-state index contributed by atoms with van der Waals surface area (Å²) >= 11 is 2.87. The van der Waals surface area contributed by atoms with Crippen LogP contribution in [0.2, 0.25) is 0 Å². The number of ether oxygens (including phenoxy) is 1. The number of benzene rings is 6. The Kier molecular flexibility index (Phi) is 12.7. The molecule has 2 aliphatic rings. The molecular weight excluding hydrogens is 906 g/mol. The Morgan fingerprint density at radius 1 is 0.706 bits per heavy atom. The Bertz CT molecular complexity index is 2810. The number of anilines is 1. The van der Waals surface area contributed by atoms with Gasteiger partial charge in [0.2, 0.25) is 0 Å². The molecule has 6 aromatic carbocycles. The number of esters is 1. The summed E-state index contributed by atoms with van der Waals surface area (Å²) in [7, 11) is 1.36. The fraction of sp³-hybridized carbons (Fsp3) is 0.182. The van der Waals surface area contributed by atoms with E-state index in [1.54, 1.807) is 22.0 Å². The van der Waals surface area contributed by atoms with Crippen LogP contribution in [0.15, 0.2) is 203 Å². The van der Waals surface area contributed by atoms with Crippen molar-refractivity contribution in [2.75, 3.05) is 24.8 Å². The predicted octanol–water partition coefficient (Wildman–Crippen LogP) is 9.01. The molecule has 0 radical (unpaired) electrons. The van der Waals surface area contributed by atoms with E-state index in [-0.39, 0.29) is 17.1 Å². The van der Waals surface area contributed by atoms with Gasteiger partial charge in [0.15, 0.2) is 0 Å². The van der Waals surface area contributed by atoms with Crippen molar-refractivity contribution >= 4 is 74.2 Å². The fourth-order valence-electron chi connectivity index (χ4n) is 9.51. The van der Waals surface area contributed by atoms with Gasteiger partial charge >= 0.3 is 294 Å². The van der Waals surface area contributed by atoms with E-state index in [0.29, 0.717) is 10.9 Å². The second-order valence-electron chi connectivity index (χ2n) is 17.9. The van der Waals surface area contributed by atoms with Crippen molar-refractivity contribution in [2.45, 2.75) is 44.0 Å². The summed E-state index contributed by atoms with van der Waals surface area (Å²) in [6.45, 7) is 3.88. The van der Waals surface area contributed by atoms with Crippen LogP contribution in [-0.4, -0.2) is 70.6 Å². The maximum atomic E-state index is 14.9. The van der Waals surface area contributed by atoms with E-state index in [2.05, 4.69) is 95.3 Å². The molecule has 7 aromatic rings. The minimum atomic E-state index is -3.83. The molecule has 344 valence electrons. The zero-order valence-corrected chi connectivity index (χ0v) is 40.9. The number of β-lactam (4-membered cyclic amide) rings is 1. The summed E-state index contributed by atoms with van der Waals surface area (Å²) in [5.74, 6) is -1.30. The Morgan fingerprint density at radius 2 is 1.15 bits per heavy atom. The number of hydrogen-bond acceptors (Lipinski definition) is 10. The molecule has 3 heterocycles. The van der Waals surface area contributed by atoms with Crippen LogP contribution in [0, 0.1) is 0 Å². The van der Waals surface area contributed by atoms with Crippen LogP contribution in [0.5, 0.6) is 0 Å². The topological polar surface area (TPSA) is 122 Å². The molecule has 2 amide bonds. The number of carbonyl (C=O) groups excluding carboxylic acids is 3. The normalized spacial score (nSPS) is 17.0. The Labute approximate surface area is 405 Å². The Morgan fingerprint density at radius 3 is 1.57 bits per heavy atom. The van der Waals surface area contributed by atoms with Crippen molar-refractivity contribution in [3.8, 4) is 0 Å². The van der Waals surface area contributed by atoms with Crippen LogP contribution >= 0.6 is 29.7 Å². The number of nitrogens with one attached hydrogen (secondary N) is 2. The average Bonchev–Trinajstić information content (AvgIpc) is 3.84. The molecule has 68 heavy (non-hydrogen) atoms. The van der Waals surface area contributed by atoms with Crippen molar-refractivity contribution < 1.29 is 24.0 Å². The van der Waals surface area contributed by atoms with Gasteiger partial charge in [-0.1, -0.05) is 91.0 Å². The third-order valence-electron chi connectivity index (χ3n) is 12.7. The number of aromatic nitrogens is 1. The predicted molar refractivity (Wildman–Crippen MR) is 277 cm³/mol. The first-order valence-electron chi connectivity index (χ1n) is 22.3. The summed E-state index contributed by atoms with van der Waals surface area (Å²) in [6, 6.07) is 59.7. The number of rotatable bonds is 14. The number of hydrogen-bond donors (Lipinski definition) is 2. The van der Waals surface area contributed by atoms with Gasteiger partial charge in [0.1, 0.15) is 5.54 Å². The van der Waals surface area contributed by atoms with Crippen molar-refractivity contribution in [1.29, 1.82) is 0 Å². The van der Waals surface area contributed by atoms with Crippen molar-refractivity contribution in [1.82, 2.24) is 15.2 Å². The standard InChI is InChI=1S/C55H52N5O5PS2/c1-54(2,3)65-51(63)48-52(66(5,41-30-18-9-19-31-41,42-32-20-10-21-33-42)43-34-22-11-23-35-43)67-37-45-47(50(62)60(45)48)57-49(61)46(59-64-4)44-36-68-53(56-44)58-55(38-24-12-6-13-25-38,39-26-14-7-15-27-39)40-28-16-8-17-29-40/h6-36,45,47H,37H2,1-5H3,(H,56,58)(H,57,61). The second-order valence-corrected chi connectivity index (χ2v) is 25.2. The van der Waals surface area contributed by atoms with Gasteiger partial charge in [0, 0.05) is 0 Å². The SMILES string of the molecule is CON=C(C(=O)NC1C(=O)N2C(C(=O)OC(C)(C)C)=C(P(C)(c3ccccc3)(c3ccccc3)c3ccccc3)SCC12)c1csc(NC(c2ccccc2)(c2ccccc2)c2ccccc2)n1. The first-order valence-corrected chi connectivity index (χ1v) is 26.9. The third-order valence-corrected chi connectivity index (χ3v) is 22.2. The summed E-state index contributed by atoms with van der Waals surface area (Å²) in [5, 5.41) is 16.3. The summed E-state index contributed by atoms with van der Waals surface area (Å²) in [5.41, 5.74) is 1.58. The van der Waals surface area contributed by atoms with Crippen LogP contribution in [0.25, 0.3) is 0 Å². The van der Waals surface area contributed by atoms with E-state index < -0.39 is 47.6 Å². The van der Waals surface area contributed by atoms with E-state index >= 15 is 0 Å². The van der Waals surface area contributed by atoms with Gasteiger partial charge in [-0.15, -0.1) is 0 Å². The molecule has 1 aromatic heterocycles. The Hall–Kier alpha value is -6.85. The molecule has 0 aliphatic carbocycles. The van der Waals surface area contributed by atoms with Crippen molar-refractivity contribution in [2.24, 2.45) is 5.16 Å². The van der Waals surface area contributed by atoms with E-state index in [0.717, 1.165) is 37.3 Å². The number of carbonyl (C=O) groups is 3. The molecule has 1 saturated heterocycles. The van der Waals surface area contributed by atoms with Crippen LogP contribution in [0.3, 0.4) is 0 Å².